The minimum absolute atomic E-state index is 0.304. The lowest BCUT2D eigenvalue weighted by Crippen LogP contribution is -1.95. The van der Waals surface area contributed by atoms with E-state index in [2.05, 4.69) is 0 Å². The van der Waals surface area contributed by atoms with Crippen LogP contribution in [0.1, 0.15) is 18.6 Å². The lowest BCUT2D eigenvalue weighted by atomic mass is 10.1. The molecule has 2 nitrogen and oxygen atoms in total. The number of halogens is 1. The molecule has 0 bridgehead atoms. The third-order valence-electron chi connectivity index (χ3n) is 2.41. The Morgan fingerprint density at radius 2 is 1.71 bits per heavy atom. The highest BCUT2D eigenvalue weighted by molar-refractivity contribution is 5.38. The smallest absolute Gasteiger partial charge is 0.133 e. The maximum absolute atomic E-state index is 12.7. The van der Waals surface area contributed by atoms with Crippen LogP contribution in [0.3, 0.4) is 0 Å². The molecular formula is C14H13FO2. The van der Waals surface area contributed by atoms with Gasteiger partial charge in [-0.25, -0.2) is 4.39 Å². The van der Waals surface area contributed by atoms with Crippen molar-refractivity contribution in [2.45, 2.75) is 13.0 Å². The Morgan fingerprint density at radius 3 is 2.35 bits per heavy atom. The third kappa shape index (κ3) is 2.82. The van der Waals surface area contributed by atoms with E-state index < -0.39 is 6.10 Å². The summed E-state index contributed by atoms with van der Waals surface area (Å²) in [5, 5.41) is 9.59. The molecule has 1 N–H and O–H groups in total. The molecule has 2 aromatic rings. The molecule has 0 amide bonds. The fourth-order valence-corrected chi connectivity index (χ4v) is 1.55. The first-order chi connectivity index (χ1) is 8.16. The van der Waals surface area contributed by atoms with Gasteiger partial charge in [0.2, 0.25) is 0 Å². The van der Waals surface area contributed by atoms with Gasteiger partial charge in [0.05, 0.1) is 6.10 Å². The fraction of sp³-hybridized carbons (Fsp3) is 0.143. The normalized spacial score (nSPS) is 12.2. The van der Waals surface area contributed by atoms with Crippen LogP contribution in [-0.4, -0.2) is 5.11 Å². The van der Waals surface area contributed by atoms with Crippen molar-refractivity contribution in [1.82, 2.24) is 0 Å². The Kier molecular flexibility index (Phi) is 3.40. The van der Waals surface area contributed by atoms with Gasteiger partial charge < -0.3 is 9.84 Å². The number of rotatable bonds is 3. The predicted molar refractivity (Wildman–Crippen MR) is 63.5 cm³/mol. The lowest BCUT2D eigenvalue weighted by Gasteiger charge is -2.12. The van der Waals surface area contributed by atoms with E-state index in [0.717, 1.165) is 0 Å². The van der Waals surface area contributed by atoms with Crippen molar-refractivity contribution in [1.29, 1.82) is 0 Å². The van der Waals surface area contributed by atoms with E-state index in [1.807, 2.05) is 12.1 Å². The summed E-state index contributed by atoms with van der Waals surface area (Å²) in [4.78, 5) is 0. The zero-order valence-electron chi connectivity index (χ0n) is 9.43. The number of hydrogen-bond acceptors (Lipinski definition) is 2. The molecule has 0 heterocycles. The van der Waals surface area contributed by atoms with Gasteiger partial charge in [-0.15, -0.1) is 0 Å². The van der Waals surface area contributed by atoms with Crippen molar-refractivity contribution in [3.05, 3.63) is 59.9 Å². The molecule has 3 heteroatoms. The average molecular weight is 232 g/mol. The highest BCUT2D eigenvalue weighted by atomic mass is 19.1. The summed E-state index contributed by atoms with van der Waals surface area (Å²) in [5.74, 6) is 0.815. The van der Waals surface area contributed by atoms with E-state index in [4.69, 9.17) is 4.74 Å². The summed E-state index contributed by atoms with van der Waals surface area (Å²) >= 11 is 0. The highest BCUT2D eigenvalue weighted by Gasteiger charge is 2.08. The van der Waals surface area contributed by atoms with Crippen LogP contribution in [0, 0.1) is 5.82 Å². The number of hydrogen-bond donors (Lipinski definition) is 1. The van der Waals surface area contributed by atoms with E-state index in [1.54, 1.807) is 31.2 Å². The van der Waals surface area contributed by atoms with E-state index in [1.165, 1.54) is 12.1 Å². The predicted octanol–water partition coefficient (Wildman–Crippen LogP) is 3.67. The summed E-state index contributed by atoms with van der Waals surface area (Å²) in [6, 6.07) is 13.0. The van der Waals surface area contributed by atoms with Crippen LogP contribution in [0.25, 0.3) is 0 Å². The van der Waals surface area contributed by atoms with Gasteiger partial charge in [-0.1, -0.05) is 18.2 Å². The van der Waals surface area contributed by atoms with E-state index >= 15 is 0 Å². The van der Waals surface area contributed by atoms with E-state index in [9.17, 15) is 9.50 Å². The van der Waals surface area contributed by atoms with Gasteiger partial charge >= 0.3 is 0 Å². The summed E-state index contributed by atoms with van der Waals surface area (Å²) in [6.45, 7) is 1.67. The highest BCUT2D eigenvalue weighted by Crippen LogP contribution is 2.29. The van der Waals surface area contributed by atoms with Crippen molar-refractivity contribution < 1.29 is 14.2 Å². The molecule has 0 fully saturated rings. The van der Waals surface area contributed by atoms with Gasteiger partial charge in [-0.3, -0.25) is 0 Å². The van der Waals surface area contributed by atoms with Gasteiger partial charge in [0.25, 0.3) is 0 Å². The average Bonchev–Trinajstić information content (AvgIpc) is 2.32. The van der Waals surface area contributed by atoms with Crippen molar-refractivity contribution in [2.75, 3.05) is 0 Å². The van der Waals surface area contributed by atoms with Crippen molar-refractivity contribution in [3.8, 4) is 11.5 Å². The molecule has 2 rings (SSSR count). The second-order valence-electron chi connectivity index (χ2n) is 3.77. The van der Waals surface area contributed by atoms with Crippen molar-refractivity contribution in [3.63, 3.8) is 0 Å². The minimum atomic E-state index is -0.605. The van der Waals surface area contributed by atoms with Gasteiger partial charge in [-0.05, 0) is 37.3 Å². The molecule has 88 valence electrons. The number of aliphatic hydroxyl groups excluding tert-OH is 1. The van der Waals surface area contributed by atoms with Crippen LogP contribution in [0.2, 0.25) is 0 Å². The van der Waals surface area contributed by atoms with Crippen molar-refractivity contribution in [2.24, 2.45) is 0 Å². The molecule has 0 saturated carbocycles. The Balaban J connectivity index is 2.26. The lowest BCUT2D eigenvalue weighted by molar-refractivity contribution is 0.195. The number of aliphatic hydroxyl groups is 1. The zero-order chi connectivity index (χ0) is 12.3. The second-order valence-corrected chi connectivity index (χ2v) is 3.77. The molecular weight excluding hydrogens is 219 g/mol. The summed E-state index contributed by atoms with van der Waals surface area (Å²) in [5.41, 5.74) is 0.705. The molecule has 0 aliphatic rings. The maximum atomic E-state index is 12.7. The van der Waals surface area contributed by atoms with Crippen molar-refractivity contribution >= 4 is 0 Å². The first kappa shape index (κ1) is 11.6. The monoisotopic (exact) mass is 232 g/mol. The summed E-state index contributed by atoms with van der Waals surface area (Å²) in [6.07, 6.45) is -0.605. The van der Waals surface area contributed by atoms with E-state index in [-0.39, 0.29) is 5.82 Å². The van der Waals surface area contributed by atoms with Crippen LogP contribution in [0.4, 0.5) is 4.39 Å². The number of para-hydroxylation sites is 1. The van der Waals surface area contributed by atoms with E-state index in [0.29, 0.717) is 17.1 Å². The SMILES string of the molecule is CC(O)c1ccccc1Oc1ccc(F)cc1. The second kappa shape index (κ2) is 4.97. The Labute approximate surface area is 99.3 Å². The first-order valence-corrected chi connectivity index (χ1v) is 5.37. The van der Waals surface area contributed by atoms with Crippen LogP contribution in [0.5, 0.6) is 11.5 Å². The quantitative estimate of drug-likeness (QED) is 0.874. The number of benzene rings is 2. The zero-order valence-corrected chi connectivity index (χ0v) is 9.43. The Morgan fingerprint density at radius 1 is 1.06 bits per heavy atom. The third-order valence-corrected chi connectivity index (χ3v) is 2.41. The summed E-state index contributed by atoms with van der Waals surface area (Å²) < 4.78 is 18.3. The Hall–Kier alpha value is -1.87. The van der Waals surface area contributed by atoms with Gasteiger partial charge in [-0.2, -0.15) is 0 Å². The molecule has 1 unspecified atom stereocenters. The molecule has 0 saturated heterocycles. The van der Waals surface area contributed by atoms with Crippen LogP contribution < -0.4 is 4.74 Å². The maximum Gasteiger partial charge on any atom is 0.133 e. The molecule has 0 aromatic heterocycles. The van der Waals surface area contributed by atoms with Gasteiger partial charge in [0.1, 0.15) is 17.3 Å². The first-order valence-electron chi connectivity index (χ1n) is 5.37. The minimum Gasteiger partial charge on any atom is -0.457 e. The van der Waals surface area contributed by atoms with Crippen LogP contribution in [-0.2, 0) is 0 Å². The van der Waals surface area contributed by atoms with Gasteiger partial charge in [0, 0.05) is 5.56 Å². The molecule has 0 radical (unpaired) electrons. The van der Waals surface area contributed by atoms with Crippen LogP contribution >= 0.6 is 0 Å². The topological polar surface area (TPSA) is 29.5 Å². The number of ether oxygens (including phenoxy) is 1. The Bertz CT molecular complexity index is 492. The molecule has 0 spiro atoms. The molecule has 17 heavy (non-hydrogen) atoms. The molecule has 0 aliphatic carbocycles. The molecule has 1 atom stereocenters. The molecule has 2 aromatic carbocycles. The molecule has 0 aliphatic heterocycles. The standard InChI is InChI=1S/C14H13FO2/c1-10(16)13-4-2-3-5-14(13)17-12-8-6-11(15)7-9-12/h2-10,16H,1H3. The van der Waals surface area contributed by atoms with Gasteiger partial charge in [0.15, 0.2) is 0 Å². The summed E-state index contributed by atoms with van der Waals surface area (Å²) in [7, 11) is 0. The largest absolute Gasteiger partial charge is 0.457 e. The fourth-order valence-electron chi connectivity index (χ4n) is 1.55. The van der Waals surface area contributed by atoms with Crippen LogP contribution in [0.15, 0.2) is 48.5 Å².